The molecule has 1 saturated heterocycles. The SMILES string of the molecule is CN=C(NCCCn1ccc2ccccc21)NCCS(=O)(=O)N1CCSCC1. The third-order valence-corrected chi connectivity index (χ3v) is 7.60. The first-order valence-corrected chi connectivity index (χ1v) is 12.4. The number of hydrogen-bond donors (Lipinski definition) is 2. The Morgan fingerprint density at radius 3 is 2.68 bits per heavy atom. The molecule has 0 saturated carbocycles. The highest BCUT2D eigenvalue weighted by Gasteiger charge is 2.23. The van der Waals surface area contributed by atoms with Crippen LogP contribution in [0.3, 0.4) is 0 Å². The van der Waals surface area contributed by atoms with E-state index in [1.165, 1.54) is 10.9 Å². The molecule has 0 unspecified atom stereocenters. The standard InChI is InChI=1S/C19H29N5O2S2/c1-20-19(22-9-16-28(25,26)24-12-14-27-15-13-24)21-8-4-10-23-11-7-17-5-2-3-6-18(17)23/h2-3,5-7,11H,4,8-10,12-16H2,1H3,(H2,20,21,22). The van der Waals surface area contributed by atoms with Gasteiger partial charge in [0.05, 0.1) is 5.75 Å². The molecule has 154 valence electrons. The van der Waals surface area contributed by atoms with Crippen LogP contribution in [0.5, 0.6) is 0 Å². The van der Waals surface area contributed by atoms with Crippen LogP contribution in [0.1, 0.15) is 6.42 Å². The van der Waals surface area contributed by atoms with E-state index in [1.807, 2.05) is 6.07 Å². The van der Waals surface area contributed by atoms with Crippen molar-refractivity contribution in [2.45, 2.75) is 13.0 Å². The average molecular weight is 424 g/mol. The van der Waals surface area contributed by atoms with Gasteiger partial charge in [0.2, 0.25) is 10.0 Å². The predicted octanol–water partition coefficient (Wildman–Crippen LogP) is 1.57. The third kappa shape index (κ3) is 5.65. The number of aliphatic imine (C=N–C) groups is 1. The molecule has 1 fully saturated rings. The van der Waals surface area contributed by atoms with Crippen molar-refractivity contribution in [1.82, 2.24) is 19.5 Å². The number of rotatable bonds is 8. The average Bonchev–Trinajstić information content (AvgIpc) is 3.13. The zero-order valence-electron chi connectivity index (χ0n) is 16.3. The quantitative estimate of drug-likeness (QED) is 0.383. The van der Waals surface area contributed by atoms with Crippen LogP contribution in [0.2, 0.25) is 0 Å². The molecule has 2 heterocycles. The highest BCUT2D eigenvalue weighted by molar-refractivity contribution is 7.99. The van der Waals surface area contributed by atoms with Crippen LogP contribution in [0.4, 0.5) is 0 Å². The van der Waals surface area contributed by atoms with E-state index in [1.54, 1.807) is 23.1 Å². The van der Waals surface area contributed by atoms with Gasteiger partial charge in [0.1, 0.15) is 0 Å². The molecule has 3 rings (SSSR count). The molecular formula is C19H29N5O2S2. The summed E-state index contributed by atoms with van der Waals surface area (Å²) in [5.74, 6) is 2.49. The largest absolute Gasteiger partial charge is 0.356 e. The number of thioether (sulfide) groups is 1. The van der Waals surface area contributed by atoms with E-state index in [-0.39, 0.29) is 5.75 Å². The number of hydrogen-bond acceptors (Lipinski definition) is 4. The maximum absolute atomic E-state index is 12.4. The summed E-state index contributed by atoms with van der Waals surface area (Å²) < 4.78 is 28.6. The van der Waals surface area contributed by atoms with Gasteiger partial charge in [-0.2, -0.15) is 11.8 Å². The van der Waals surface area contributed by atoms with Gasteiger partial charge in [0, 0.05) is 63.0 Å². The fourth-order valence-electron chi connectivity index (χ4n) is 3.26. The summed E-state index contributed by atoms with van der Waals surface area (Å²) in [4.78, 5) is 4.18. The Kier molecular flexibility index (Phi) is 7.64. The molecule has 0 bridgehead atoms. The Bertz CT molecular complexity index is 889. The van der Waals surface area contributed by atoms with Crippen LogP contribution in [0, 0.1) is 0 Å². The summed E-state index contributed by atoms with van der Waals surface area (Å²) in [6, 6.07) is 10.5. The summed E-state index contributed by atoms with van der Waals surface area (Å²) in [6.07, 6.45) is 3.06. The number of benzene rings is 1. The van der Waals surface area contributed by atoms with E-state index in [0.29, 0.717) is 25.6 Å². The fraction of sp³-hybridized carbons (Fsp3) is 0.526. The van der Waals surface area contributed by atoms with Gasteiger partial charge in [0.15, 0.2) is 5.96 Å². The van der Waals surface area contributed by atoms with Crippen molar-refractivity contribution in [2.75, 3.05) is 50.5 Å². The van der Waals surface area contributed by atoms with Gasteiger partial charge < -0.3 is 15.2 Å². The van der Waals surface area contributed by atoms with Gasteiger partial charge in [-0.15, -0.1) is 0 Å². The summed E-state index contributed by atoms with van der Waals surface area (Å²) in [6.45, 7) is 3.27. The number of guanidine groups is 1. The van der Waals surface area contributed by atoms with E-state index in [2.05, 4.69) is 50.7 Å². The highest BCUT2D eigenvalue weighted by Crippen LogP contribution is 2.15. The monoisotopic (exact) mass is 423 g/mol. The van der Waals surface area contributed by atoms with Crippen LogP contribution >= 0.6 is 11.8 Å². The lowest BCUT2D eigenvalue weighted by molar-refractivity contribution is 0.443. The number of para-hydroxylation sites is 1. The van der Waals surface area contributed by atoms with E-state index in [4.69, 9.17) is 0 Å². The summed E-state index contributed by atoms with van der Waals surface area (Å²) in [7, 11) is -1.49. The highest BCUT2D eigenvalue weighted by atomic mass is 32.2. The Hall–Kier alpha value is -1.71. The summed E-state index contributed by atoms with van der Waals surface area (Å²) >= 11 is 1.81. The van der Waals surface area contributed by atoms with Gasteiger partial charge in [-0.3, -0.25) is 4.99 Å². The van der Waals surface area contributed by atoms with Crippen LogP contribution < -0.4 is 10.6 Å². The first-order valence-electron chi connectivity index (χ1n) is 9.64. The molecule has 1 aromatic carbocycles. The molecule has 1 aliphatic rings. The molecule has 1 aliphatic heterocycles. The van der Waals surface area contributed by atoms with E-state index in [0.717, 1.165) is 31.0 Å². The second-order valence-electron chi connectivity index (χ2n) is 6.67. The maximum atomic E-state index is 12.4. The lowest BCUT2D eigenvalue weighted by Gasteiger charge is -2.25. The van der Waals surface area contributed by atoms with Gasteiger partial charge in [-0.1, -0.05) is 18.2 Å². The maximum Gasteiger partial charge on any atom is 0.215 e. The number of sulfonamides is 1. The Labute approximate surface area is 171 Å². The molecule has 2 aromatic rings. The van der Waals surface area contributed by atoms with Gasteiger partial charge in [-0.25, -0.2) is 12.7 Å². The van der Waals surface area contributed by atoms with Crippen molar-refractivity contribution in [2.24, 2.45) is 4.99 Å². The second-order valence-corrected chi connectivity index (χ2v) is 9.99. The zero-order valence-corrected chi connectivity index (χ0v) is 17.9. The van der Waals surface area contributed by atoms with Gasteiger partial charge in [0.25, 0.3) is 0 Å². The number of fused-ring (bicyclic) bond motifs is 1. The topological polar surface area (TPSA) is 78.7 Å². The molecule has 0 spiro atoms. The number of nitrogens with one attached hydrogen (secondary N) is 2. The van der Waals surface area contributed by atoms with Crippen LogP contribution in [-0.4, -0.2) is 73.7 Å². The Morgan fingerprint density at radius 2 is 1.89 bits per heavy atom. The number of nitrogens with zero attached hydrogens (tertiary/aromatic N) is 3. The molecule has 1 aromatic heterocycles. The van der Waals surface area contributed by atoms with Crippen molar-refractivity contribution in [1.29, 1.82) is 0 Å². The van der Waals surface area contributed by atoms with E-state index in [9.17, 15) is 8.42 Å². The summed E-state index contributed by atoms with van der Waals surface area (Å²) in [5, 5.41) is 7.62. The molecule has 2 N–H and O–H groups in total. The smallest absolute Gasteiger partial charge is 0.215 e. The lowest BCUT2D eigenvalue weighted by atomic mass is 10.2. The van der Waals surface area contributed by atoms with E-state index >= 15 is 0 Å². The molecule has 7 nitrogen and oxygen atoms in total. The molecule has 0 amide bonds. The van der Waals surface area contributed by atoms with Crippen molar-refractivity contribution >= 4 is 38.6 Å². The van der Waals surface area contributed by atoms with E-state index < -0.39 is 10.0 Å². The molecular weight excluding hydrogens is 394 g/mol. The van der Waals surface area contributed by atoms with Crippen molar-refractivity contribution in [3.8, 4) is 0 Å². The Balaban J connectivity index is 1.37. The van der Waals surface area contributed by atoms with Crippen molar-refractivity contribution in [3.63, 3.8) is 0 Å². The minimum Gasteiger partial charge on any atom is -0.356 e. The minimum absolute atomic E-state index is 0.0910. The number of aromatic nitrogens is 1. The molecule has 0 atom stereocenters. The molecule has 0 radical (unpaired) electrons. The molecule has 28 heavy (non-hydrogen) atoms. The Morgan fingerprint density at radius 1 is 1.14 bits per heavy atom. The van der Waals surface area contributed by atoms with Crippen molar-refractivity contribution in [3.05, 3.63) is 36.5 Å². The van der Waals surface area contributed by atoms with Gasteiger partial charge in [-0.05, 0) is 23.9 Å². The molecule has 9 heteroatoms. The third-order valence-electron chi connectivity index (χ3n) is 4.79. The minimum atomic E-state index is -3.19. The molecule has 0 aliphatic carbocycles. The normalized spacial score (nSPS) is 16.4. The van der Waals surface area contributed by atoms with Crippen LogP contribution in [0.15, 0.2) is 41.5 Å². The van der Waals surface area contributed by atoms with Crippen molar-refractivity contribution < 1.29 is 8.42 Å². The second kappa shape index (κ2) is 10.2. The van der Waals surface area contributed by atoms with Crippen LogP contribution in [0.25, 0.3) is 10.9 Å². The summed E-state index contributed by atoms with van der Waals surface area (Å²) in [5.41, 5.74) is 1.24. The van der Waals surface area contributed by atoms with Crippen LogP contribution in [-0.2, 0) is 16.6 Å². The zero-order chi connectivity index (χ0) is 19.8. The number of aryl methyl sites for hydroxylation is 1. The first-order chi connectivity index (χ1) is 13.6. The fourth-order valence-corrected chi connectivity index (χ4v) is 5.76. The predicted molar refractivity (Wildman–Crippen MR) is 119 cm³/mol. The first kappa shape index (κ1) is 21.0. The lowest BCUT2D eigenvalue weighted by Crippen LogP contribution is -2.44. The van der Waals surface area contributed by atoms with Gasteiger partial charge >= 0.3 is 0 Å².